The van der Waals surface area contributed by atoms with Crippen molar-refractivity contribution in [1.29, 1.82) is 0 Å². The summed E-state index contributed by atoms with van der Waals surface area (Å²) in [5.41, 5.74) is 2.19. The first kappa shape index (κ1) is 17.0. The lowest BCUT2D eigenvalue weighted by Crippen LogP contribution is -2.51. The lowest BCUT2D eigenvalue weighted by Gasteiger charge is -2.35. The molecule has 1 N–H and O–H groups in total. The van der Waals surface area contributed by atoms with Gasteiger partial charge in [0, 0.05) is 37.4 Å². The van der Waals surface area contributed by atoms with Gasteiger partial charge in [-0.15, -0.1) is 0 Å². The van der Waals surface area contributed by atoms with Crippen LogP contribution in [0.2, 0.25) is 0 Å². The monoisotopic (exact) mass is 341 g/mol. The van der Waals surface area contributed by atoms with Crippen molar-refractivity contribution in [3.05, 3.63) is 65.5 Å². The van der Waals surface area contributed by atoms with Crippen molar-refractivity contribution in [2.24, 2.45) is 0 Å². The van der Waals surface area contributed by atoms with E-state index in [2.05, 4.69) is 5.32 Å². The van der Waals surface area contributed by atoms with Gasteiger partial charge in [-0.1, -0.05) is 18.2 Å². The molecule has 1 aliphatic heterocycles. The number of benzene rings is 2. The summed E-state index contributed by atoms with van der Waals surface area (Å²) in [6.45, 7) is 3.82. The fourth-order valence-electron chi connectivity index (χ4n) is 2.83. The molecule has 0 bridgehead atoms. The molecular weight excluding hydrogens is 321 g/mol. The number of nitrogens with zero attached hydrogens (tertiary/aromatic N) is 2. The zero-order valence-corrected chi connectivity index (χ0v) is 14.0. The van der Waals surface area contributed by atoms with Crippen molar-refractivity contribution in [3.8, 4) is 0 Å². The van der Waals surface area contributed by atoms with Gasteiger partial charge in [0.1, 0.15) is 5.82 Å². The number of amides is 3. The smallest absolute Gasteiger partial charge is 0.321 e. The molecule has 0 saturated carbocycles. The van der Waals surface area contributed by atoms with E-state index in [1.54, 1.807) is 9.80 Å². The Bertz CT molecular complexity index is 768. The number of halogens is 1. The third-order valence-electron chi connectivity index (χ3n) is 4.33. The van der Waals surface area contributed by atoms with Gasteiger partial charge in [0.05, 0.1) is 0 Å². The molecule has 130 valence electrons. The largest absolute Gasteiger partial charge is 0.335 e. The maximum absolute atomic E-state index is 12.9. The lowest BCUT2D eigenvalue weighted by molar-refractivity contribution is 0.0671. The van der Waals surface area contributed by atoms with E-state index in [0.717, 1.165) is 5.56 Å². The number of carbonyl (C=O) groups is 2. The van der Waals surface area contributed by atoms with E-state index in [0.29, 0.717) is 37.4 Å². The first-order valence-corrected chi connectivity index (χ1v) is 8.21. The van der Waals surface area contributed by atoms with Crippen LogP contribution in [0, 0.1) is 12.7 Å². The van der Waals surface area contributed by atoms with Crippen LogP contribution in [0.5, 0.6) is 0 Å². The molecule has 6 heteroatoms. The van der Waals surface area contributed by atoms with Crippen LogP contribution in [0.25, 0.3) is 0 Å². The van der Waals surface area contributed by atoms with Crippen molar-refractivity contribution in [2.45, 2.75) is 6.92 Å². The summed E-state index contributed by atoms with van der Waals surface area (Å²) in [4.78, 5) is 28.3. The third-order valence-corrected chi connectivity index (χ3v) is 4.33. The molecule has 0 spiro atoms. The molecule has 1 saturated heterocycles. The first-order chi connectivity index (χ1) is 12.0. The Morgan fingerprint density at radius 1 is 0.920 bits per heavy atom. The Morgan fingerprint density at radius 3 is 2.16 bits per heavy atom. The Labute approximate surface area is 146 Å². The minimum absolute atomic E-state index is 0.00306. The van der Waals surface area contributed by atoms with Crippen molar-refractivity contribution in [2.75, 3.05) is 31.5 Å². The van der Waals surface area contributed by atoms with Gasteiger partial charge in [0.25, 0.3) is 5.91 Å². The van der Waals surface area contributed by atoms with Crippen LogP contribution in [0.4, 0.5) is 14.9 Å². The van der Waals surface area contributed by atoms with Gasteiger partial charge >= 0.3 is 6.03 Å². The number of anilines is 1. The molecule has 1 fully saturated rings. The third kappa shape index (κ3) is 3.96. The predicted octanol–water partition coefficient (Wildman–Crippen LogP) is 3.12. The quantitative estimate of drug-likeness (QED) is 0.912. The molecule has 5 nitrogen and oxygen atoms in total. The van der Waals surface area contributed by atoms with Gasteiger partial charge in [-0.25, -0.2) is 9.18 Å². The van der Waals surface area contributed by atoms with Crippen LogP contribution in [0.15, 0.2) is 48.5 Å². The van der Waals surface area contributed by atoms with E-state index in [-0.39, 0.29) is 17.8 Å². The summed E-state index contributed by atoms with van der Waals surface area (Å²) in [6.07, 6.45) is 0. The second-order valence-electron chi connectivity index (χ2n) is 6.03. The Hall–Kier alpha value is -2.89. The lowest BCUT2D eigenvalue weighted by atomic mass is 10.1. The molecule has 0 aliphatic carbocycles. The Morgan fingerprint density at radius 2 is 1.52 bits per heavy atom. The zero-order valence-electron chi connectivity index (χ0n) is 14.0. The Kier molecular flexibility index (Phi) is 4.97. The summed E-state index contributed by atoms with van der Waals surface area (Å²) < 4.78 is 12.9. The molecule has 0 radical (unpaired) electrons. The predicted molar refractivity (Wildman–Crippen MR) is 94.1 cm³/mol. The first-order valence-electron chi connectivity index (χ1n) is 8.21. The number of hydrogen-bond acceptors (Lipinski definition) is 2. The van der Waals surface area contributed by atoms with E-state index >= 15 is 0 Å². The molecule has 2 aromatic rings. The highest BCUT2D eigenvalue weighted by molar-refractivity contribution is 5.96. The topological polar surface area (TPSA) is 52.7 Å². The molecule has 1 aliphatic rings. The SMILES string of the molecule is Cc1ccccc1C(=O)N1CCN(C(=O)Nc2ccc(F)cc2)CC1. The highest BCUT2D eigenvalue weighted by Gasteiger charge is 2.25. The van der Waals surface area contributed by atoms with Crippen molar-refractivity contribution in [3.63, 3.8) is 0 Å². The molecule has 3 amide bonds. The van der Waals surface area contributed by atoms with E-state index in [9.17, 15) is 14.0 Å². The van der Waals surface area contributed by atoms with E-state index < -0.39 is 0 Å². The molecule has 0 aromatic heterocycles. The van der Waals surface area contributed by atoms with Gasteiger partial charge in [0.15, 0.2) is 0 Å². The van der Waals surface area contributed by atoms with Crippen LogP contribution in [-0.4, -0.2) is 47.9 Å². The molecule has 25 heavy (non-hydrogen) atoms. The second-order valence-corrected chi connectivity index (χ2v) is 6.03. The van der Waals surface area contributed by atoms with E-state index in [4.69, 9.17) is 0 Å². The van der Waals surface area contributed by atoms with Gasteiger partial charge in [-0.3, -0.25) is 4.79 Å². The molecule has 3 rings (SSSR count). The van der Waals surface area contributed by atoms with Crippen LogP contribution in [0.3, 0.4) is 0 Å². The summed E-state index contributed by atoms with van der Waals surface area (Å²) in [5, 5.41) is 2.74. The van der Waals surface area contributed by atoms with E-state index in [1.165, 1.54) is 24.3 Å². The maximum atomic E-state index is 12.9. The summed E-state index contributed by atoms with van der Waals surface area (Å²) in [7, 11) is 0. The standard InChI is InChI=1S/C19H20FN3O2/c1-14-4-2-3-5-17(14)18(24)22-10-12-23(13-11-22)19(25)21-16-8-6-15(20)7-9-16/h2-9H,10-13H2,1H3,(H,21,25). The highest BCUT2D eigenvalue weighted by Crippen LogP contribution is 2.14. The van der Waals surface area contributed by atoms with Crippen LogP contribution in [0.1, 0.15) is 15.9 Å². The normalized spacial score (nSPS) is 14.3. The molecule has 2 aromatic carbocycles. The summed E-state index contributed by atoms with van der Waals surface area (Å²) >= 11 is 0. The fraction of sp³-hybridized carbons (Fsp3) is 0.263. The van der Waals surface area contributed by atoms with Crippen molar-refractivity contribution < 1.29 is 14.0 Å². The molecular formula is C19H20FN3O2. The van der Waals surface area contributed by atoms with Gasteiger partial charge in [-0.2, -0.15) is 0 Å². The average Bonchev–Trinajstić information content (AvgIpc) is 2.63. The average molecular weight is 341 g/mol. The van der Waals surface area contributed by atoms with Gasteiger partial charge in [0.2, 0.25) is 0 Å². The minimum atomic E-state index is -0.346. The van der Waals surface area contributed by atoms with Gasteiger partial charge < -0.3 is 15.1 Å². The van der Waals surface area contributed by atoms with Crippen molar-refractivity contribution >= 4 is 17.6 Å². The van der Waals surface area contributed by atoms with Crippen LogP contribution in [-0.2, 0) is 0 Å². The number of piperazine rings is 1. The second kappa shape index (κ2) is 7.34. The summed E-state index contributed by atoms with van der Waals surface area (Å²) in [6, 6.07) is 12.9. The molecule has 1 heterocycles. The maximum Gasteiger partial charge on any atom is 0.321 e. The highest BCUT2D eigenvalue weighted by atomic mass is 19.1. The van der Waals surface area contributed by atoms with Crippen LogP contribution < -0.4 is 5.32 Å². The van der Waals surface area contributed by atoms with Gasteiger partial charge in [-0.05, 0) is 42.8 Å². The summed E-state index contributed by atoms with van der Waals surface area (Å²) in [5.74, 6) is -0.349. The Balaban J connectivity index is 1.56. The van der Waals surface area contributed by atoms with E-state index in [1.807, 2.05) is 31.2 Å². The number of hydrogen-bond donors (Lipinski definition) is 1. The fourth-order valence-corrected chi connectivity index (χ4v) is 2.83. The number of urea groups is 1. The zero-order chi connectivity index (χ0) is 17.8. The number of aryl methyl sites for hydroxylation is 1. The minimum Gasteiger partial charge on any atom is -0.335 e. The molecule has 0 atom stereocenters. The number of rotatable bonds is 2. The number of nitrogens with one attached hydrogen (secondary N) is 1. The molecule has 0 unspecified atom stereocenters. The number of carbonyl (C=O) groups excluding carboxylic acids is 2. The van der Waals surface area contributed by atoms with Crippen molar-refractivity contribution in [1.82, 2.24) is 9.80 Å². The van der Waals surface area contributed by atoms with Crippen LogP contribution >= 0.6 is 0 Å².